The Morgan fingerprint density at radius 3 is 2.11 bits per heavy atom. The highest BCUT2D eigenvalue weighted by Gasteiger charge is 2.20. The van der Waals surface area contributed by atoms with Gasteiger partial charge in [0.1, 0.15) is 22.2 Å². The van der Waals surface area contributed by atoms with Gasteiger partial charge in [-0.05, 0) is 40.2 Å². The largest absolute Gasteiger partial charge is 0.274 e. The number of hydrogen-bond donors (Lipinski definition) is 1. The normalized spacial score (nSPS) is 11.3. The van der Waals surface area contributed by atoms with Crippen molar-refractivity contribution in [3.8, 4) is 0 Å². The summed E-state index contributed by atoms with van der Waals surface area (Å²) < 4.78 is 53.2. The number of rotatable bonds is 3. The highest BCUT2D eigenvalue weighted by Crippen LogP contribution is 2.26. The minimum Gasteiger partial charge on any atom is -0.274 e. The van der Waals surface area contributed by atoms with Crippen LogP contribution in [0.5, 0.6) is 0 Å². The lowest BCUT2D eigenvalue weighted by molar-refractivity contribution is 0.582. The second kappa shape index (κ2) is 5.26. The van der Waals surface area contributed by atoms with Crippen molar-refractivity contribution in [3.05, 3.63) is 58.6 Å². The van der Waals surface area contributed by atoms with E-state index < -0.39 is 27.3 Å². The molecule has 100 valence electrons. The standard InChI is InChI=1S/C12H8BrF2NO2S/c13-8-4-1-2-7-11(8)19(17,18)16-12-9(14)5-3-6-10(12)15/h1-7,16H. The average Bonchev–Trinajstić information content (AvgIpc) is 2.34. The number of anilines is 1. The predicted octanol–water partition coefficient (Wildman–Crippen LogP) is 3.53. The Morgan fingerprint density at radius 2 is 1.53 bits per heavy atom. The van der Waals surface area contributed by atoms with E-state index in [-0.39, 0.29) is 4.90 Å². The van der Waals surface area contributed by atoms with Crippen LogP contribution in [0.15, 0.2) is 51.8 Å². The van der Waals surface area contributed by atoms with E-state index in [1.165, 1.54) is 18.2 Å². The first-order valence-electron chi connectivity index (χ1n) is 5.13. The molecule has 0 unspecified atom stereocenters. The van der Waals surface area contributed by atoms with Gasteiger partial charge in [-0.3, -0.25) is 4.72 Å². The molecule has 1 N–H and O–H groups in total. The molecule has 2 aromatic rings. The molecule has 0 saturated carbocycles. The predicted molar refractivity (Wildman–Crippen MR) is 71.3 cm³/mol. The van der Waals surface area contributed by atoms with Crippen LogP contribution in [0, 0.1) is 11.6 Å². The van der Waals surface area contributed by atoms with E-state index in [0.717, 1.165) is 18.2 Å². The minimum atomic E-state index is -4.07. The highest BCUT2D eigenvalue weighted by atomic mass is 79.9. The Morgan fingerprint density at radius 1 is 0.947 bits per heavy atom. The fraction of sp³-hybridized carbons (Fsp3) is 0. The summed E-state index contributed by atoms with van der Waals surface area (Å²) in [6, 6.07) is 9.09. The molecule has 0 fully saturated rings. The molecule has 0 aliphatic rings. The fourth-order valence-electron chi connectivity index (χ4n) is 1.45. The maximum absolute atomic E-state index is 13.4. The van der Waals surface area contributed by atoms with Gasteiger partial charge in [0.2, 0.25) is 0 Å². The molecule has 19 heavy (non-hydrogen) atoms. The molecule has 0 aromatic heterocycles. The number of hydrogen-bond acceptors (Lipinski definition) is 2. The van der Waals surface area contributed by atoms with Crippen LogP contribution in [-0.2, 0) is 10.0 Å². The molecule has 0 bridgehead atoms. The quantitative estimate of drug-likeness (QED) is 0.923. The van der Waals surface area contributed by atoms with Gasteiger partial charge in [0.25, 0.3) is 10.0 Å². The molecule has 2 aromatic carbocycles. The van der Waals surface area contributed by atoms with Crippen LogP contribution in [0.25, 0.3) is 0 Å². The summed E-state index contributed by atoms with van der Waals surface area (Å²) in [7, 11) is -4.07. The lowest BCUT2D eigenvalue weighted by Crippen LogP contribution is -2.15. The Hall–Kier alpha value is -1.47. The number of benzene rings is 2. The molecule has 0 radical (unpaired) electrons. The molecule has 0 spiro atoms. The highest BCUT2D eigenvalue weighted by molar-refractivity contribution is 9.10. The van der Waals surface area contributed by atoms with Crippen molar-refractivity contribution in [2.75, 3.05) is 4.72 Å². The van der Waals surface area contributed by atoms with Gasteiger partial charge in [-0.15, -0.1) is 0 Å². The van der Waals surface area contributed by atoms with Crippen LogP contribution < -0.4 is 4.72 Å². The van der Waals surface area contributed by atoms with Crippen LogP contribution in [0.2, 0.25) is 0 Å². The average molecular weight is 348 g/mol. The van der Waals surface area contributed by atoms with Crippen molar-refractivity contribution >= 4 is 31.6 Å². The first-order chi connectivity index (χ1) is 8.92. The van der Waals surface area contributed by atoms with E-state index in [2.05, 4.69) is 15.9 Å². The maximum atomic E-state index is 13.4. The molecule has 3 nitrogen and oxygen atoms in total. The number of sulfonamides is 1. The van der Waals surface area contributed by atoms with Gasteiger partial charge < -0.3 is 0 Å². The maximum Gasteiger partial charge on any atom is 0.263 e. The summed E-state index contributed by atoms with van der Waals surface area (Å²) in [4.78, 5) is -0.0994. The van der Waals surface area contributed by atoms with Crippen molar-refractivity contribution in [2.24, 2.45) is 0 Å². The van der Waals surface area contributed by atoms with Gasteiger partial charge in [0.15, 0.2) is 0 Å². The zero-order chi connectivity index (χ0) is 14.0. The molecule has 2 rings (SSSR count). The van der Waals surface area contributed by atoms with Crippen molar-refractivity contribution in [1.82, 2.24) is 0 Å². The molecule has 0 heterocycles. The van der Waals surface area contributed by atoms with Crippen molar-refractivity contribution in [3.63, 3.8) is 0 Å². The van der Waals surface area contributed by atoms with Gasteiger partial charge in [-0.2, -0.15) is 0 Å². The van der Waals surface area contributed by atoms with Crippen LogP contribution in [0.1, 0.15) is 0 Å². The van der Waals surface area contributed by atoms with E-state index in [9.17, 15) is 17.2 Å². The summed E-state index contributed by atoms with van der Waals surface area (Å²) in [5, 5.41) is 0. The third-order valence-corrected chi connectivity index (χ3v) is 4.69. The first kappa shape index (κ1) is 14.0. The van der Waals surface area contributed by atoms with E-state index in [4.69, 9.17) is 0 Å². The lowest BCUT2D eigenvalue weighted by Gasteiger charge is -2.10. The van der Waals surface area contributed by atoms with Crippen molar-refractivity contribution in [1.29, 1.82) is 0 Å². The van der Waals surface area contributed by atoms with Crippen LogP contribution in [-0.4, -0.2) is 8.42 Å². The molecule has 0 atom stereocenters. The van der Waals surface area contributed by atoms with E-state index in [1.807, 2.05) is 4.72 Å². The van der Waals surface area contributed by atoms with Crippen LogP contribution >= 0.6 is 15.9 Å². The summed E-state index contributed by atoms with van der Waals surface area (Å²) in [6.45, 7) is 0. The molecule has 0 aliphatic carbocycles. The molecule has 0 saturated heterocycles. The minimum absolute atomic E-state index is 0.0994. The second-order valence-corrected chi connectivity index (χ2v) is 6.14. The smallest absolute Gasteiger partial charge is 0.263 e. The van der Waals surface area contributed by atoms with Crippen molar-refractivity contribution in [2.45, 2.75) is 4.90 Å². The van der Waals surface area contributed by atoms with Gasteiger partial charge >= 0.3 is 0 Å². The van der Waals surface area contributed by atoms with Crippen LogP contribution in [0.4, 0.5) is 14.5 Å². The summed E-state index contributed by atoms with van der Waals surface area (Å²) >= 11 is 3.08. The molecule has 0 aliphatic heterocycles. The number of halogens is 3. The zero-order valence-corrected chi connectivity index (χ0v) is 11.8. The van der Waals surface area contributed by atoms with Crippen molar-refractivity contribution < 1.29 is 17.2 Å². The van der Waals surface area contributed by atoms with Gasteiger partial charge in [0, 0.05) is 4.47 Å². The summed E-state index contributed by atoms with van der Waals surface area (Å²) in [5.41, 5.74) is -0.696. The van der Waals surface area contributed by atoms with Crippen LogP contribution in [0.3, 0.4) is 0 Å². The Kier molecular flexibility index (Phi) is 3.86. The Labute approximate surface area is 117 Å². The van der Waals surface area contributed by atoms with E-state index in [0.29, 0.717) is 4.47 Å². The first-order valence-corrected chi connectivity index (χ1v) is 7.41. The molecule has 0 amide bonds. The third kappa shape index (κ3) is 2.93. The monoisotopic (exact) mass is 347 g/mol. The second-order valence-electron chi connectivity index (χ2n) is 3.63. The Balaban J connectivity index is 2.46. The van der Waals surface area contributed by atoms with Gasteiger partial charge in [-0.1, -0.05) is 18.2 Å². The lowest BCUT2D eigenvalue weighted by atomic mass is 10.3. The third-order valence-electron chi connectivity index (χ3n) is 2.33. The molecular formula is C12H8BrF2NO2S. The number of nitrogens with one attached hydrogen (secondary N) is 1. The SMILES string of the molecule is O=S(=O)(Nc1c(F)cccc1F)c1ccccc1Br. The topological polar surface area (TPSA) is 46.2 Å². The zero-order valence-electron chi connectivity index (χ0n) is 9.40. The Bertz CT molecular complexity index is 699. The summed E-state index contributed by atoms with van der Waals surface area (Å²) in [5.74, 6) is -1.95. The number of para-hydroxylation sites is 1. The molecule has 7 heteroatoms. The molecular weight excluding hydrogens is 340 g/mol. The van der Waals surface area contributed by atoms with E-state index in [1.54, 1.807) is 6.07 Å². The fourth-order valence-corrected chi connectivity index (χ4v) is 3.53. The van der Waals surface area contributed by atoms with Gasteiger partial charge in [-0.25, -0.2) is 17.2 Å². The summed E-state index contributed by atoms with van der Waals surface area (Å²) in [6.07, 6.45) is 0. The van der Waals surface area contributed by atoms with E-state index >= 15 is 0 Å². The van der Waals surface area contributed by atoms with Gasteiger partial charge in [0.05, 0.1) is 0 Å².